The lowest BCUT2D eigenvalue weighted by molar-refractivity contribution is -0.123. The predicted octanol–water partition coefficient (Wildman–Crippen LogP) is 2.59. The first kappa shape index (κ1) is 16.2. The maximum absolute atomic E-state index is 12.2. The van der Waals surface area contributed by atoms with Crippen LogP contribution in [0, 0.1) is 0 Å². The minimum atomic E-state index is -0.293. The molecule has 5 nitrogen and oxygen atoms in total. The summed E-state index contributed by atoms with van der Waals surface area (Å²) in [5.41, 5.74) is 0.947. The van der Waals surface area contributed by atoms with Gasteiger partial charge in [-0.15, -0.1) is 11.3 Å². The second-order valence-electron chi connectivity index (χ2n) is 5.05. The number of carbonyl (C=O) groups excluding carboxylic acids is 2. The van der Waals surface area contributed by atoms with E-state index < -0.39 is 0 Å². The van der Waals surface area contributed by atoms with Crippen LogP contribution in [0.1, 0.15) is 42.8 Å². The van der Waals surface area contributed by atoms with Crippen LogP contribution in [0.15, 0.2) is 42.0 Å². The molecule has 6 heteroatoms. The molecule has 2 aromatic rings. The summed E-state index contributed by atoms with van der Waals surface area (Å²) in [6, 6.07) is 7.17. The molecule has 2 atom stereocenters. The lowest BCUT2D eigenvalue weighted by atomic mass is 10.1. The zero-order chi connectivity index (χ0) is 15.9. The van der Waals surface area contributed by atoms with Gasteiger partial charge in [-0.1, -0.05) is 12.1 Å². The topological polar surface area (TPSA) is 71.1 Å². The van der Waals surface area contributed by atoms with E-state index in [1.165, 1.54) is 18.3 Å². The third kappa shape index (κ3) is 4.66. The molecule has 22 heavy (non-hydrogen) atoms. The van der Waals surface area contributed by atoms with Gasteiger partial charge >= 0.3 is 0 Å². The number of rotatable bonds is 6. The number of nitrogens with zero attached hydrogens (tertiary/aromatic N) is 1. The molecule has 2 heterocycles. The van der Waals surface area contributed by atoms with Gasteiger partial charge in [0.15, 0.2) is 0 Å². The molecular formula is C16H19N3O2S. The molecule has 2 rings (SSSR count). The van der Waals surface area contributed by atoms with Crippen molar-refractivity contribution in [2.24, 2.45) is 0 Å². The number of thiophene rings is 1. The molecule has 2 aromatic heterocycles. The van der Waals surface area contributed by atoms with Crippen molar-refractivity contribution >= 4 is 23.2 Å². The molecule has 0 aliphatic carbocycles. The Bertz CT molecular complexity index is 614. The van der Waals surface area contributed by atoms with Crippen molar-refractivity contribution in [3.8, 4) is 0 Å². The monoisotopic (exact) mass is 317 g/mol. The number of hydrogen-bond donors (Lipinski definition) is 2. The molecule has 0 saturated carbocycles. The van der Waals surface area contributed by atoms with Gasteiger partial charge in [0.25, 0.3) is 0 Å². The van der Waals surface area contributed by atoms with Crippen LogP contribution < -0.4 is 10.6 Å². The normalized spacial score (nSPS) is 13.2. The summed E-state index contributed by atoms with van der Waals surface area (Å²) in [5.74, 6) is -0.255. The highest BCUT2D eigenvalue weighted by atomic mass is 32.1. The minimum Gasteiger partial charge on any atom is -0.349 e. The molecule has 0 spiro atoms. The molecule has 0 aromatic carbocycles. The van der Waals surface area contributed by atoms with Crippen LogP contribution in [-0.4, -0.2) is 16.8 Å². The Kier molecular flexibility index (Phi) is 5.66. The summed E-state index contributed by atoms with van der Waals surface area (Å²) in [6.45, 7) is 3.37. The van der Waals surface area contributed by atoms with Crippen LogP contribution in [0.2, 0.25) is 0 Å². The van der Waals surface area contributed by atoms with E-state index in [0.717, 1.165) is 10.4 Å². The standard InChI is InChI=1S/C16H19N3O2S/c1-11(13-5-3-7-17-10-13)18-16(21)9-14(19-12(2)20)15-6-4-8-22-15/h3-8,10-11,14H,9H2,1-2H3,(H,18,21)(H,19,20)/t11-,14-/m1/s1. The molecule has 0 fully saturated rings. The Balaban J connectivity index is 1.98. The van der Waals surface area contributed by atoms with Gasteiger partial charge in [0.2, 0.25) is 11.8 Å². The third-order valence-electron chi connectivity index (χ3n) is 3.22. The van der Waals surface area contributed by atoms with Gasteiger partial charge in [-0.05, 0) is 30.0 Å². The van der Waals surface area contributed by atoms with E-state index in [9.17, 15) is 9.59 Å². The largest absolute Gasteiger partial charge is 0.349 e. The van der Waals surface area contributed by atoms with Gasteiger partial charge in [0, 0.05) is 24.2 Å². The average molecular weight is 317 g/mol. The van der Waals surface area contributed by atoms with Crippen molar-refractivity contribution in [2.45, 2.75) is 32.4 Å². The quantitative estimate of drug-likeness (QED) is 0.860. The molecular weight excluding hydrogens is 298 g/mol. The third-order valence-corrected chi connectivity index (χ3v) is 4.20. The SMILES string of the molecule is CC(=O)N[C@H](CC(=O)N[C@H](C)c1cccnc1)c1cccs1. The molecule has 0 bridgehead atoms. The van der Waals surface area contributed by atoms with Gasteiger partial charge in [0.05, 0.1) is 18.5 Å². The van der Waals surface area contributed by atoms with Crippen molar-refractivity contribution in [2.75, 3.05) is 0 Å². The molecule has 0 aliphatic rings. The van der Waals surface area contributed by atoms with E-state index in [1.807, 2.05) is 36.6 Å². The minimum absolute atomic E-state index is 0.108. The lowest BCUT2D eigenvalue weighted by Crippen LogP contribution is -2.33. The van der Waals surface area contributed by atoms with E-state index >= 15 is 0 Å². The summed E-state index contributed by atoms with van der Waals surface area (Å²) in [7, 11) is 0. The Morgan fingerprint density at radius 3 is 2.68 bits per heavy atom. The Hall–Kier alpha value is -2.21. The highest BCUT2D eigenvalue weighted by Gasteiger charge is 2.19. The van der Waals surface area contributed by atoms with Gasteiger partial charge in [-0.3, -0.25) is 14.6 Å². The van der Waals surface area contributed by atoms with Crippen LogP contribution in [0.25, 0.3) is 0 Å². The second-order valence-corrected chi connectivity index (χ2v) is 6.03. The van der Waals surface area contributed by atoms with Crippen molar-refractivity contribution in [3.63, 3.8) is 0 Å². The number of aromatic nitrogens is 1. The summed E-state index contributed by atoms with van der Waals surface area (Å²) < 4.78 is 0. The van der Waals surface area contributed by atoms with Gasteiger partial charge in [-0.25, -0.2) is 0 Å². The smallest absolute Gasteiger partial charge is 0.222 e. The zero-order valence-electron chi connectivity index (χ0n) is 12.6. The fourth-order valence-corrected chi connectivity index (χ4v) is 2.94. The maximum Gasteiger partial charge on any atom is 0.222 e. The summed E-state index contributed by atoms with van der Waals surface area (Å²) in [6.07, 6.45) is 3.64. The van der Waals surface area contributed by atoms with Gasteiger partial charge < -0.3 is 10.6 Å². The predicted molar refractivity (Wildman–Crippen MR) is 86.3 cm³/mol. The second kappa shape index (κ2) is 7.70. The van der Waals surface area contributed by atoms with Gasteiger partial charge in [-0.2, -0.15) is 0 Å². The van der Waals surface area contributed by atoms with Crippen molar-refractivity contribution in [1.82, 2.24) is 15.6 Å². The van der Waals surface area contributed by atoms with Crippen molar-refractivity contribution in [3.05, 3.63) is 52.5 Å². The molecule has 2 N–H and O–H groups in total. The Morgan fingerprint density at radius 1 is 1.27 bits per heavy atom. The number of carbonyl (C=O) groups is 2. The Morgan fingerprint density at radius 2 is 2.09 bits per heavy atom. The van der Waals surface area contributed by atoms with Crippen LogP contribution in [-0.2, 0) is 9.59 Å². The number of amides is 2. The zero-order valence-corrected chi connectivity index (χ0v) is 13.4. The number of nitrogens with one attached hydrogen (secondary N) is 2. The van der Waals surface area contributed by atoms with E-state index in [0.29, 0.717) is 0 Å². The van der Waals surface area contributed by atoms with Gasteiger partial charge in [0.1, 0.15) is 0 Å². The average Bonchev–Trinajstić information content (AvgIpc) is 3.01. The molecule has 0 radical (unpaired) electrons. The first-order valence-corrected chi connectivity index (χ1v) is 7.94. The first-order valence-electron chi connectivity index (χ1n) is 7.06. The summed E-state index contributed by atoms with van der Waals surface area (Å²) in [4.78, 5) is 28.6. The van der Waals surface area contributed by atoms with E-state index in [2.05, 4.69) is 15.6 Å². The Labute approximate surface area is 133 Å². The number of pyridine rings is 1. The van der Waals surface area contributed by atoms with E-state index in [1.54, 1.807) is 12.4 Å². The molecule has 2 amide bonds. The highest BCUT2D eigenvalue weighted by molar-refractivity contribution is 7.10. The maximum atomic E-state index is 12.2. The lowest BCUT2D eigenvalue weighted by Gasteiger charge is -2.19. The molecule has 0 saturated heterocycles. The van der Waals surface area contributed by atoms with Crippen LogP contribution >= 0.6 is 11.3 Å². The van der Waals surface area contributed by atoms with Crippen LogP contribution in [0.3, 0.4) is 0 Å². The fourth-order valence-electron chi connectivity index (χ4n) is 2.16. The van der Waals surface area contributed by atoms with Crippen LogP contribution in [0.5, 0.6) is 0 Å². The van der Waals surface area contributed by atoms with E-state index in [4.69, 9.17) is 0 Å². The van der Waals surface area contributed by atoms with Crippen molar-refractivity contribution in [1.29, 1.82) is 0 Å². The van der Waals surface area contributed by atoms with Crippen LogP contribution in [0.4, 0.5) is 0 Å². The highest BCUT2D eigenvalue weighted by Crippen LogP contribution is 2.22. The molecule has 0 aliphatic heterocycles. The fraction of sp³-hybridized carbons (Fsp3) is 0.312. The first-order chi connectivity index (χ1) is 10.6. The van der Waals surface area contributed by atoms with Crippen molar-refractivity contribution < 1.29 is 9.59 Å². The number of hydrogen-bond acceptors (Lipinski definition) is 4. The molecule has 0 unspecified atom stereocenters. The van der Waals surface area contributed by atoms with E-state index in [-0.39, 0.29) is 30.3 Å². The summed E-state index contributed by atoms with van der Waals surface area (Å²) >= 11 is 1.53. The molecule has 116 valence electrons. The summed E-state index contributed by atoms with van der Waals surface area (Å²) in [5, 5.41) is 7.69.